The molecule has 0 fully saturated rings. The highest BCUT2D eigenvalue weighted by Crippen LogP contribution is 2.35. The Morgan fingerprint density at radius 2 is 1.82 bits per heavy atom. The molecule has 0 aliphatic heterocycles. The van der Waals surface area contributed by atoms with E-state index < -0.39 is 33.7 Å². The average molecular weight is 487 g/mol. The fraction of sp³-hybridized carbons (Fsp3) is 0.0952. The van der Waals surface area contributed by atoms with Crippen LogP contribution in [0.3, 0.4) is 0 Å². The summed E-state index contributed by atoms with van der Waals surface area (Å²) in [6, 6.07) is 10.6. The monoisotopic (exact) mass is 486 g/mol. The number of hydrogen-bond donors (Lipinski definition) is 1. The molecule has 0 radical (unpaired) electrons. The molecule has 0 aliphatic rings. The van der Waals surface area contributed by atoms with Gasteiger partial charge in [0.1, 0.15) is 23.5 Å². The van der Waals surface area contributed by atoms with E-state index in [9.17, 15) is 27.1 Å². The summed E-state index contributed by atoms with van der Waals surface area (Å²) in [7, 11) is -4.40. The maximum atomic E-state index is 13.2. The van der Waals surface area contributed by atoms with E-state index in [1.165, 1.54) is 53.8 Å². The van der Waals surface area contributed by atoms with E-state index >= 15 is 0 Å². The highest BCUT2D eigenvalue weighted by atomic mass is 32.2. The van der Waals surface area contributed by atoms with Crippen molar-refractivity contribution < 1.29 is 31.3 Å². The van der Waals surface area contributed by atoms with Crippen molar-refractivity contribution in [3.8, 4) is 16.9 Å². The number of rotatable bonds is 8. The lowest BCUT2D eigenvalue weighted by Gasteiger charge is -2.10. The van der Waals surface area contributed by atoms with Crippen LogP contribution < -0.4 is 4.18 Å². The Bertz CT molecular complexity index is 1450. The molecule has 2 aromatic heterocycles. The summed E-state index contributed by atoms with van der Waals surface area (Å²) < 4.78 is 54.8. The third-order valence-electron chi connectivity index (χ3n) is 4.73. The SMILES string of the molecule is O=C(O)Cn1cc(S(=O)(=O)Oc2ccc(CS(=O)[O-])cc2)c2c(-c3cncnc3)cccc21. The van der Waals surface area contributed by atoms with Crippen LogP contribution in [0.15, 0.2) is 72.3 Å². The molecule has 4 aromatic rings. The van der Waals surface area contributed by atoms with E-state index in [4.69, 9.17) is 4.18 Å². The van der Waals surface area contributed by atoms with Crippen LogP contribution in [0.5, 0.6) is 5.75 Å². The second kappa shape index (κ2) is 9.10. The van der Waals surface area contributed by atoms with Gasteiger partial charge in [-0.05, 0) is 29.3 Å². The van der Waals surface area contributed by atoms with Gasteiger partial charge in [-0.3, -0.25) is 9.00 Å². The normalized spacial score (nSPS) is 12.5. The van der Waals surface area contributed by atoms with Crippen LogP contribution in [0, 0.1) is 0 Å². The number of aromatic nitrogens is 3. The van der Waals surface area contributed by atoms with Crippen LogP contribution in [0.25, 0.3) is 22.0 Å². The van der Waals surface area contributed by atoms with Crippen molar-refractivity contribution in [2.75, 3.05) is 0 Å². The van der Waals surface area contributed by atoms with Gasteiger partial charge in [0, 0.05) is 35.3 Å². The number of nitrogens with zero attached hydrogens (tertiary/aromatic N) is 3. The van der Waals surface area contributed by atoms with Crippen molar-refractivity contribution in [1.82, 2.24) is 14.5 Å². The van der Waals surface area contributed by atoms with Crippen molar-refractivity contribution in [2.24, 2.45) is 0 Å². The minimum absolute atomic E-state index is 0.0184. The fourth-order valence-corrected chi connectivity index (χ4v) is 5.05. The highest BCUT2D eigenvalue weighted by Gasteiger charge is 2.26. The number of carbonyl (C=O) groups is 1. The maximum Gasteiger partial charge on any atom is 0.341 e. The second-order valence-corrected chi connectivity index (χ2v) is 9.38. The van der Waals surface area contributed by atoms with E-state index in [1.54, 1.807) is 18.2 Å². The Kier molecular flexibility index (Phi) is 6.22. The minimum atomic E-state index is -4.40. The van der Waals surface area contributed by atoms with Gasteiger partial charge in [-0.15, -0.1) is 0 Å². The Labute approximate surface area is 190 Å². The first-order valence-corrected chi connectivity index (χ1v) is 12.1. The molecule has 10 nitrogen and oxygen atoms in total. The zero-order valence-corrected chi connectivity index (χ0v) is 18.5. The lowest BCUT2D eigenvalue weighted by Crippen LogP contribution is -2.10. The van der Waals surface area contributed by atoms with Gasteiger partial charge >= 0.3 is 16.1 Å². The molecule has 1 unspecified atom stereocenters. The maximum absolute atomic E-state index is 13.2. The zero-order chi connectivity index (χ0) is 23.6. The first-order chi connectivity index (χ1) is 15.7. The van der Waals surface area contributed by atoms with Gasteiger partial charge in [-0.2, -0.15) is 8.42 Å². The molecule has 4 rings (SSSR count). The van der Waals surface area contributed by atoms with Crippen LogP contribution in [-0.2, 0) is 38.3 Å². The Morgan fingerprint density at radius 1 is 1.12 bits per heavy atom. The Hall–Kier alpha value is -3.61. The molecule has 0 saturated carbocycles. The van der Waals surface area contributed by atoms with Crippen molar-refractivity contribution in [3.63, 3.8) is 0 Å². The third kappa shape index (κ3) is 4.92. The average Bonchev–Trinajstić information content (AvgIpc) is 3.14. The second-order valence-electron chi connectivity index (χ2n) is 6.97. The summed E-state index contributed by atoms with van der Waals surface area (Å²) in [4.78, 5) is 19.1. The van der Waals surface area contributed by atoms with Crippen LogP contribution >= 0.6 is 0 Å². The van der Waals surface area contributed by atoms with Crippen molar-refractivity contribution in [3.05, 3.63) is 72.9 Å². The summed E-state index contributed by atoms with van der Waals surface area (Å²) in [5, 5.41) is 9.55. The summed E-state index contributed by atoms with van der Waals surface area (Å²) in [6.45, 7) is -0.457. The quantitative estimate of drug-likeness (QED) is 0.292. The molecule has 0 aliphatic carbocycles. The van der Waals surface area contributed by atoms with Crippen molar-refractivity contribution >= 4 is 38.1 Å². The topological polar surface area (TPSA) is 152 Å². The number of carboxylic acids is 1. The molecule has 1 atom stereocenters. The molecule has 170 valence electrons. The largest absolute Gasteiger partial charge is 0.772 e. The van der Waals surface area contributed by atoms with Crippen molar-refractivity contribution in [2.45, 2.75) is 17.2 Å². The van der Waals surface area contributed by atoms with Crippen molar-refractivity contribution in [1.29, 1.82) is 0 Å². The molecule has 33 heavy (non-hydrogen) atoms. The summed E-state index contributed by atoms with van der Waals surface area (Å²) >= 11 is -2.28. The van der Waals surface area contributed by atoms with Crippen LogP contribution in [0.4, 0.5) is 0 Å². The first kappa shape index (κ1) is 22.6. The molecule has 1 N–H and O–H groups in total. The molecule has 2 aromatic carbocycles. The van der Waals surface area contributed by atoms with E-state index in [-0.39, 0.29) is 21.8 Å². The number of hydrogen-bond acceptors (Lipinski definition) is 8. The van der Waals surface area contributed by atoms with E-state index in [1.807, 2.05) is 0 Å². The number of fused-ring (bicyclic) bond motifs is 1. The van der Waals surface area contributed by atoms with Gasteiger partial charge in [-0.25, -0.2) is 9.97 Å². The molecule has 0 saturated heterocycles. The number of carboxylic acid groups (broad SMARTS) is 1. The van der Waals surface area contributed by atoms with Crippen LogP contribution in [0.1, 0.15) is 5.56 Å². The third-order valence-corrected chi connectivity index (χ3v) is 6.56. The lowest BCUT2D eigenvalue weighted by molar-refractivity contribution is -0.137. The smallest absolute Gasteiger partial charge is 0.341 e. The highest BCUT2D eigenvalue weighted by molar-refractivity contribution is 7.87. The summed E-state index contributed by atoms with van der Waals surface area (Å²) in [5.74, 6) is -1.37. The molecule has 2 heterocycles. The van der Waals surface area contributed by atoms with Gasteiger partial charge in [-0.1, -0.05) is 35.3 Å². The zero-order valence-electron chi connectivity index (χ0n) is 16.8. The summed E-state index contributed by atoms with van der Waals surface area (Å²) in [6.07, 6.45) is 5.60. The first-order valence-electron chi connectivity index (χ1n) is 9.43. The van der Waals surface area contributed by atoms with E-state index in [0.717, 1.165) is 0 Å². The predicted octanol–water partition coefficient (Wildman–Crippen LogP) is 2.33. The standard InChI is InChI=1S/C21H17N3O7S2/c25-20(26)11-24-10-19(21-17(2-1-3-18(21)24)15-8-22-13-23-9-15)33(29,30)31-16-6-4-14(5-7-16)12-32(27)28/h1-10,13H,11-12H2,(H,25,26)(H,27,28)/p-1. The van der Waals surface area contributed by atoms with Gasteiger partial charge < -0.3 is 18.4 Å². The number of aliphatic carboxylic acids is 1. The Balaban J connectivity index is 1.83. The van der Waals surface area contributed by atoms with Gasteiger partial charge in [0.2, 0.25) is 0 Å². The van der Waals surface area contributed by atoms with Gasteiger partial charge in [0.25, 0.3) is 0 Å². The number of benzene rings is 2. The molecular weight excluding hydrogens is 470 g/mol. The molecule has 0 bridgehead atoms. The van der Waals surface area contributed by atoms with Gasteiger partial charge in [0.05, 0.1) is 5.52 Å². The molecule has 0 amide bonds. The molecule has 0 spiro atoms. The Morgan fingerprint density at radius 3 is 2.45 bits per heavy atom. The van der Waals surface area contributed by atoms with E-state index in [2.05, 4.69) is 9.97 Å². The molecule has 12 heteroatoms. The predicted molar refractivity (Wildman–Crippen MR) is 117 cm³/mol. The summed E-state index contributed by atoms with van der Waals surface area (Å²) in [5.41, 5.74) is 1.89. The van der Waals surface area contributed by atoms with Gasteiger partial charge in [0.15, 0.2) is 0 Å². The fourth-order valence-electron chi connectivity index (χ4n) is 3.41. The van der Waals surface area contributed by atoms with Crippen LogP contribution in [0.2, 0.25) is 0 Å². The van der Waals surface area contributed by atoms with Crippen LogP contribution in [-0.4, -0.2) is 42.8 Å². The lowest BCUT2D eigenvalue weighted by atomic mass is 10.0. The van der Waals surface area contributed by atoms with E-state index in [0.29, 0.717) is 22.2 Å². The minimum Gasteiger partial charge on any atom is -0.772 e. The molecular formula is C21H16N3O7S2-.